The van der Waals surface area contributed by atoms with E-state index in [2.05, 4.69) is 10.00 Å². The summed E-state index contributed by atoms with van der Waals surface area (Å²) in [5.41, 5.74) is 1.39. The van der Waals surface area contributed by atoms with E-state index in [1.54, 1.807) is 11.7 Å². The van der Waals surface area contributed by atoms with Gasteiger partial charge < -0.3 is 0 Å². The van der Waals surface area contributed by atoms with Crippen molar-refractivity contribution in [2.24, 2.45) is 13.0 Å². The van der Waals surface area contributed by atoms with Gasteiger partial charge in [0.05, 0.1) is 11.3 Å². The number of aryl methyl sites for hydroxylation is 2. The van der Waals surface area contributed by atoms with Crippen LogP contribution in [0.5, 0.6) is 0 Å². The SMILES string of the molecule is Cc1nn(C)c(Cl)c1CN1CCC[C@H](C(=O)c2ccc(C(F)(F)F)cc2)C1. The maximum absolute atomic E-state index is 12.7. The third-order valence-electron chi connectivity index (χ3n) is 5.02. The third-order valence-corrected chi connectivity index (χ3v) is 5.50. The number of alkyl halides is 3. The molecule has 0 spiro atoms. The minimum Gasteiger partial charge on any atom is -0.298 e. The molecule has 8 heteroatoms. The van der Waals surface area contributed by atoms with Gasteiger partial charge in [0.2, 0.25) is 0 Å². The zero-order valence-corrected chi connectivity index (χ0v) is 15.9. The first-order chi connectivity index (χ1) is 12.7. The van der Waals surface area contributed by atoms with Crippen LogP contribution in [0.2, 0.25) is 5.15 Å². The number of halogens is 4. The van der Waals surface area contributed by atoms with Gasteiger partial charge in [-0.25, -0.2) is 0 Å². The van der Waals surface area contributed by atoms with Gasteiger partial charge >= 0.3 is 6.18 Å². The number of nitrogens with zero attached hydrogens (tertiary/aromatic N) is 3. The lowest BCUT2D eigenvalue weighted by atomic mass is 9.89. The molecular weight excluding hydrogens is 379 g/mol. The van der Waals surface area contributed by atoms with Gasteiger partial charge in [0, 0.05) is 37.2 Å². The molecule has 0 aliphatic carbocycles. The van der Waals surface area contributed by atoms with Gasteiger partial charge in [-0.3, -0.25) is 14.4 Å². The molecule has 146 valence electrons. The third kappa shape index (κ3) is 4.35. The van der Waals surface area contributed by atoms with Gasteiger partial charge in [0.1, 0.15) is 5.15 Å². The number of carbonyl (C=O) groups excluding carboxylic acids is 1. The molecule has 2 heterocycles. The highest BCUT2D eigenvalue weighted by Crippen LogP contribution is 2.30. The zero-order valence-electron chi connectivity index (χ0n) is 15.2. The maximum atomic E-state index is 12.7. The molecule has 1 aromatic carbocycles. The van der Waals surface area contributed by atoms with Crippen LogP contribution < -0.4 is 0 Å². The van der Waals surface area contributed by atoms with Crippen LogP contribution in [0.4, 0.5) is 13.2 Å². The van der Waals surface area contributed by atoms with Gasteiger partial charge in [0.25, 0.3) is 0 Å². The number of aromatic nitrogens is 2. The van der Waals surface area contributed by atoms with Gasteiger partial charge in [-0.1, -0.05) is 23.7 Å². The van der Waals surface area contributed by atoms with Gasteiger partial charge in [0.15, 0.2) is 5.78 Å². The fourth-order valence-electron chi connectivity index (χ4n) is 3.55. The second kappa shape index (κ2) is 7.64. The summed E-state index contributed by atoms with van der Waals surface area (Å²) in [6, 6.07) is 4.47. The Kier molecular flexibility index (Phi) is 5.63. The standard InChI is InChI=1S/C19H21ClF3N3O/c1-12-16(18(20)25(2)24-12)11-26-9-3-4-14(10-26)17(27)13-5-7-15(8-6-13)19(21,22)23/h5-8,14H,3-4,9-11H2,1-2H3/t14-/m0/s1. The number of rotatable bonds is 4. The van der Waals surface area contributed by atoms with Crippen LogP contribution in [0.1, 0.15) is 40.0 Å². The molecular formula is C19H21ClF3N3O. The molecule has 0 unspecified atom stereocenters. The second-order valence-electron chi connectivity index (χ2n) is 6.99. The van der Waals surface area contributed by atoms with Crippen LogP contribution in [0, 0.1) is 12.8 Å². The first-order valence-corrected chi connectivity index (χ1v) is 9.16. The monoisotopic (exact) mass is 399 g/mol. The number of hydrogen-bond donors (Lipinski definition) is 0. The Hall–Kier alpha value is -1.86. The Balaban J connectivity index is 1.69. The summed E-state index contributed by atoms with van der Waals surface area (Å²) >= 11 is 6.29. The Morgan fingerprint density at radius 1 is 1.30 bits per heavy atom. The van der Waals surface area contributed by atoms with E-state index in [-0.39, 0.29) is 11.7 Å². The summed E-state index contributed by atoms with van der Waals surface area (Å²) in [5, 5.41) is 4.89. The summed E-state index contributed by atoms with van der Waals surface area (Å²) in [4.78, 5) is 14.9. The highest BCUT2D eigenvalue weighted by atomic mass is 35.5. The van der Waals surface area contributed by atoms with Crippen LogP contribution in [0.15, 0.2) is 24.3 Å². The highest BCUT2D eigenvalue weighted by Gasteiger charge is 2.31. The summed E-state index contributed by atoms with van der Waals surface area (Å²) in [6.07, 6.45) is -2.81. The molecule has 2 aromatic rings. The molecule has 3 rings (SSSR count). The van der Waals surface area contributed by atoms with Crippen LogP contribution in [-0.4, -0.2) is 33.6 Å². The quantitative estimate of drug-likeness (QED) is 0.711. The van der Waals surface area contributed by atoms with Crippen LogP contribution in [-0.2, 0) is 19.8 Å². The number of benzene rings is 1. The summed E-state index contributed by atoms with van der Waals surface area (Å²) < 4.78 is 39.7. The van der Waals surface area contributed by atoms with Crippen molar-refractivity contribution in [1.82, 2.24) is 14.7 Å². The van der Waals surface area contributed by atoms with Gasteiger partial charge in [-0.2, -0.15) is 18.3 Å². The molecule has 0 N–H and O–H groups in total. The maximum Gasteiger partial charge on any atom is 0.416 e. The molecule has 0 amide bonds. The molecule has 1 atom stereocenters. The molecule has 0 bridgehead atoms. The summed E-state index contributed by atoms with van der Waals surface area (Å²) in [6.45, 7) is 3.91. The van der Waals surface area contributed by atoms with Crippen molar-refractivity contribution in [3.63, 3.8) is 0 Å². The number of Topliss-reactive ketones (excluding diaryl/α,β-unsaturated/α-hetero) is 1. The molecule has 0 radical (unpaired) electrons. The van der Waals surface area contributed by atoms with Crippen LogP contribution in [0.3, 0.4) is 0 Å². The largest absolute Gasteiger partial charge is 0.416 e. The number of piperidine rings is 1. The van der Waals surface area contributed by atoms with Crippen molar-refractivity contribution < 1.29 is 18.0 Å². The van der Waals surface area contributed by atoms with Crippen molar-refractivity contribution in [3.8, 4) is 0 Å². The number of hydrogen-bond acceptors (Lipinski definition) is 3. The molecule has 1 fully saturated rings. The molecule has 1 saturated heterocycles. The van der Waals surface area contributed by atoms with E-state index in [9.17, 15) is 18.0 Å². The Labute approximate surface area is 160 Å². The summed E-state index contributed by atoms with van der Waals surface area (Å²) in [7, 11) is 1.78. The van der Waals surface area contributed by atoms with E-state index in [0.717, 1.165) is 42.8 Å². The lowest BCUT2D eigenvalue weighted by Gasteiger charge is -2.32. The van der Waals surface area contributed by atoms with Crippen LogP contribution in [0.25, 0.3) is 0 Å². The van der Waals surface area contributed by atoms with Crippen molar-refractivity contribution in [1.29, 1.82) is 0 Å². The average Bonchev–Trinajstić information content (AvgIpc) is 2.87. The Bertz CT molecular complexity index is 830. The minimum atomic E-state index is -4.40. The number of ketones is 1. The number of likely N-dealkylation sites (tertiary alicyclic amines) is 1. The Morgan fingerprint density at radius 3 is 2.52 bits per heavy atom. The average molecular weight is 400 g/mol. The highest BCUT2D eigenvalue weighted by molar-refractivity contribution is 6.30. The topological polar surface area (TPSA) is 38.1 Å². The first kappa shape index (κ1) is 19.9. The Morgan fingerprint density at radius 2 is 1.96 bits per heavy atom. The number of carbonyl (C=O) groups is 1. The fraction of sp³-hybridized carbons (Fsp3) is 0.474. The molecule has 1 aliphatic heterocycles. The van der Waals surface area contributed by atoms with Crippen molar-refractivity contribution in [2.45, 2.75) is 32.5 Å². The molecule has 1 aromatic heterocycles. The van der Waals surface area contributed by atoms with Gasteiger partial charge in [-0.05, 0) is 38.4 Å². The van der Waals surface area contributed by atoms with E-state index in [1.165, 1.54) is 12.1 Å². The summed E-state index contributed by atoms with van der Waals surface area (Å²) in [5.74, 6) is -0.339. The first-order valence-electron chi connectivity index (χ1n) is 8.78. The normalized spacial score (nSPS) is 18.7. The van der Waals surface area contributed by atoms with Crippen molar-refractivity contribution in [3.05, 3.63) is 51.8 Å². The molecule has 4 nitrogen and oxygen atoms in total. The van der Waals surface area contributed by atoms with Crippen molar-refractivity contribution >= 4 is 17.4 Å². The van der Waals surface area contributed by atoms with E-state index < -0.39 is 11.7 Å². The van der Waals surface area contributed by atoms with Crippen molar-refractivity contribution in [2.75, 3.05) is 13.1 Å². The predicted molar refractivity (Wildman–Crippen MR) is 96.7 cm³/mol. The van der Waals surface area contributed by atoms with E-state index >= 15 is 0 Å². The smallest absolute Gasteiger partial charge is 0.298 e. The predicted octanol–water partition coefficient (Wildman–Crippen LogP) is 4.50. The fourth-order valence-corrected chi connectivity index (χ4v) is 3.78. The van der Waals surface area contributed by atoms with E-state index in [0.29, 0.717) is 23.8 Å². The van der Waals surface area contributed by atoms with Gasteiger partial charge in [-0.15, -0.1) is 0 Å². The second-order valence-corrected chi connectivity index (χ2v) is 7.35. The lowest BCUT2D eigenvalue weighted by Crippen LogP contribution is -2.38. The zero-order chi connectivity index (χ0) is 19.8. The van der Waals surface area contributed by atoms with Crippen LogP contribution >= 0.6 is 11.6 Å². The molecule has 1 aliphatic rings. The minimum absolute atomic E-state index is 0.109. The molecule has 0 saturated carbocycles. The van der Waals surface area contributed by atoms with E-state index in [4.69, 9.17) is 11.6 Å². The molecule has 27 heavy (non-hydrogen) atoms. The lowest BCUT2D eigenvalue weighted by molar-refractivity contribution is -0.137. The van der Waals surface area contributed by atoms with E-state index in [1.807, 2.05) is 6.92 Å².